The summed E-state index contributed by atoms with van der Waals surface area (Å²) < 4.78 is 24.4. The largest absolute Gasteiger partial charge is 0.385 e. The monoisotopic (exact) mass is 281 g/mol. The van der Waals surface area contributed by atoms with Crippen LogP contribution in [0.3, 0.4) is 0 Å². The van der Waals surface area contributed by atoms with Crippen molar-refractivity contribution in [2.24, 2.45) is 5.92 Å². The molecule has 0 aromatic carbocycles. The van der Waals surface area contributed by atoms with Crippen molar-refractivity contribution in [3.05, 3.63) is 23.4 Å². The Bertz CT molecular complexity index is 403. The van der Waals surface area contributed by atoms with Gasteiger partial charge in [-0.15, -0.1) is 0 Å². The van der Waals surface area contributed by atoms with Crippen LogP contribution in [0, 0.1) is 5.92 Å². The molecule has 0 aromatic heterocycles. The van der Waals surface area contributed by atoms with Crippen molar-refractivity contribution in [3.63, 3.8) is 0 Å². The van der Waals surface area contributed by atoms with E-state index in [-0.39, 0.29) is 12.0 Å². The van der Waals surface area contributed by atoms with Crippen molar-refractivity contribution < 1.29 is 13.9 Å². The van der Waals surface area contributed by atoms with Gasteiger partial charge in [0.1, 0.15) is 6.17 Å². The second-order valence-corrected chi connectivity index (χ2v) is 6.11. The molecule has 4 heteroatoms. The Morgan fingerprint density at radius 2 is 2.35 bits per heavy atom. The van der Waals surface area contributed by atoms with Gasteiger partial charge in [-0.1, -0.05) is 17.7 Å². The quantitative estimate of drug-likeness (QED) is 0.621. The van der Waals surface area contributed by atoms with Gasteiger partial charge in [0.2, 0.25) is 0 Å². The lowest BCUT2D eigenvalue weighted by molar-refractivity contribution is 0.0938. The maximum Gasteiger partial charge on any atom is 0.106 e. The average Bonchev–Trinajstić information content (AvgIpc) is 3.30. The summed E-state index contributed by atoms with van der Waals surface area (Å²) in [5, 5.41) is 3.42. The minimum atomic E-state index is -0.727. The highest BCUT2D eigenvalue weighted by atomic mass is 19.1. The van der Waals surface area contributed by atoms with Crippen LogP contribution < -0.4 is 5.32 Å². The molecule has 4 atom stereocenters. The van der Waals surface area contributed by atoms with Crippen LogP contribution in [0.1, 0.15) is 32.1 Å². The van der Waals surface area contributed by atoms with E-state index in [2.05, 4.69) is 17.5 Å². The third kappa shape index (κ3) is 3.61. The van der Waals surface area contributed by atoms with Gasteiger partial charge in [0.25, 0.3) is 0 Å². The van der Waals surface area contributed by atoms with Crippen LogP contribution in [0.4, 0.5) is 4.39 Å². The SMILES string of the molecule is COC1CC=C(CNC2=CC(C3CO3)CC(F)C2)CC1. The molecule has 0 aromatic rings. The third-order valence-electron chi connectivity index (χ3n) is 4.55. The number of methoxy groups -OCH3 is 1. The van der Waals surface area contributed by atoms with Crippen LogP contribution in [-0.2, 0) is 9.47 Å². The Balaban J connectivity index is 1.51. The standard InChI is InChI=1S/C16H24FNO2/c1-19-15-4-2-11(3-5-15)9-18-14-7-12(16-10-20-16)6-13(17)8-14/h2,7,12-13,15-16,18H,3-6,8-10H2,1H3. The van der Waals surface area contributed by atoms with Gasteiger partial charge in [0, 0.05) is 31.7 Å². The van der Waals surface area contributed by atoms with Gasteiger partial charge in [-0.25, -0.2) is 4.39 Å². The number of rotatable bonds is 5. The van der Waals surface area contributed by atoms with Gasteiger partial charge in [-0.2, -0.15) is 0 Å². The zero-order chi connectivity index (χ0) is 13.9. The number of epoxide rings is 1. The number of halogens is 1. The molecule has 3 rings (SSSR count). The van der Waals surface area contributed by atoms with Gasteiger partial charge >= 0.3 is 0 Å². The zero-order valence-corrected chi connectivity index (χ0v) is 12.1. The Labute approximate surface area is 120 Å². The lowest BCUT2D eigenvalue weighted by atomic mass is 9.89. The number of hydrogen-bond acceptors (Lipinski definition) is 3. The van der Waals surface area contributed by atoms with Crippen LogP contribution in [0.5, 0.6) is 0 Å². The lowest BCUT2D eigenvalue weighted by Gasteiger charge is -2.25. The first-order chi connectivity index (χ1) is 9.74. The summed E-state index contributed by atoms with van der Waals surface area (Å²) in [6, 6.07) is 0. The summed E-state index contributed by atoms with van der Waals surface area (Å²) in [6.07, 6.45) is 8.68. The van der Waals surface area contributed by atoms with Crippen molar-refractivity contribution >= 4 is 0 Å². The Hall–Kier alpha value is -0.870. The van der Waals surface area contributed by atoms with E-state index in [9.17, 15) is 4.39 Å². The number of hydrogen-bond donors (Lipinski definition) is 1. The smallest absolute Gasteiger partial charge is 0.106 e. The van der Waals surface area contributed by atoms with Gasteiger partial charge in [0.05, 0.1) is 18.8 Å². The molecule has 1 heterocycles. The fourth-order valence-electron chi connectivity index (χ4n) is 3.17. The van der Waals surface area contributed by atoms with E-state index < -0.39 is 6.17 Å². The number of allylic oxidation sites excluding steroid dienone is 1. The molecule has 1 fully saturated rings. The molecule has 0 bridgehead atoms. The minimum absolute atomic E-state index is 0.263. The molecule has 0 radical (unpaired) electrons. The van der Waals surface area contributed by atoms with E-state index in [0.29, 0.717) is 18.9 Å². The third-order valence-corrected chi connectivity index (χ3v) is 4.55. The van der Waals surface area contributed by atoms with Gasteiger partial charge in [0.15, 0.2) is 0 Å². The summed E-state index contributed by atoms with van der Waals surface area (Å²) in [5.41, 5.74) is 2.47. The summed E-state index contributed by atoms with van der Waals surface area (Å²) in [6.45, 7) is 1.64. The van der Waals surface area contributed by atoms with E-state index >= 15 is 0 Å². The number of alkyl halides is 1. The maximum absolute atomic E-state index is 13.8. The van der Waals surface area contributed by atoms with E-state index in [4.69, 9.17) is 9.47 Å². The molecule has 112 valence electrons. The first kappa shape index (κ1) is 14.1. The highest BCUT2D eigenvalue weighted by molar-refractivity contribution is 5.16. The highest BCUT2D eigenvalue weighted by Crippen LogP contribution is 2.33. The topological polar surface area (TPSA) is 33.8 Å². The van der Waals surface area contributed by atoms with Crippen molar-refractivity contribution in [1.82, 2.24) is 5.32 Å². The van der Waals surface area contributed by atoms with Gasteiger partial charge in [-0.3, -0.25) is 0 Å². The molecule has 2 aliphatic carbocycles. The summed E-state index contributed by atoms with van der Waals surface area (Å²) in [5.74, 6) is 0.263. The number of ether oxygens (including phenoxy) is 2. The van der Waals surface area contributed by atoms with Crippen LogP contribution in [-0.4, -0.2) is 38.6 Å². The van der Waals surface area contributed by atoms with Crippen molar-refractivity contribution in [3.8, 4) is 0 Å². The number of nitrogens with one attached hydrogen (secondary N) is 1. The van der Waals surface area contributed by atoms with E-state index in [1.165, 1.54) is 5.57 Å². The van der Waals surface area contributed by atoms with E-state index in [0.717, 1.165) is 38.1 Å². The molecule has 4 unspecified atom stereocenters. The van der Waals surface area contributed by atoms with Crippen molar-refractivity contribution in [2.45, 2.75) is 50.5 Å². The fourth-order valence-corrected chi connectivity index (χ4v) is 3.17. The first-order valence-corrected chi connectivity index (χ1v) is 7.65. The Morgan fingerprint density at radius 1 is 1.50 bits per heavy atom. The molecule has 1 saturated heterocycles. The molecule has 0 saturated carbocycles. The molecule has 3 nitrogen and oxygen atoms in total. The second kappa shape index (κ2) is 6.27. The van der Waals surface area contributed by atoms with E-state index in [1.54, 1.807) is 7.11 Å². The van der Waals surface area contributed by atoms with Crippen LogP contribution in [0.2, 0.25) is 0 Å². The Kier molecular flexibility index (Phi) is 4.41. The van der Waals surface area contributed by atoms with Crippen molar-refractivity contribution in [2.75, 3.05) is 20.3 Å². The van der Waals surface area contributed by atoms with Crippen LogP contribution >= 0.6 is 0 Å². The van der Waals surface area contributed by atoms with E-state index in [1.807, 2.05) is 0 Å². The zero-order valence-electron chi connectivity index (χ0n) is 12.1. The molecule has 0 spiro atoms. The molecule has 0 amide bonds. The molecule has 3 aliphatic rings. The second-order valence-electron chi connectivity index (χ2n) is 6.11. The fraction of sp³-hybridized carbons (Fsp3) is 0.750. The predicted octanol–water partition coefficient (Wildman–Crippen LogP) is 2.73. The van der Waals surface area contributed by atoms with Crippen molar-refractivity contribution in [1.29, 1.82) is 0 Å². The highest BCUT2D eigenvalue weighted by Gasteiger charge is 2.35. The predicted molar refractivity (Wildman–Crippen MR) is 76.2 cm³/mol. The van der Waals surface area contributed by atoms with Crippen LogP contribution in [0.25, 0.3) is 0 Å². The molecule has 1 aliphatic heterocycles. The summed E-state index contributed by atoms with van der Waals surface area (Å²) in [4.78, 5) is 0. The van der Waals surface area contributed by atoms with Crippen LogP contribution in [0.15, 0.2) is 23.4 Å². The Morgan fingerprint density at radius 3 is 3.00 bits per heavy atom. The summed E-state index contributed by atoms with van der Waals surface area (Å²) >= 11 is 0. The van der Waals surface area contributed by atoms with Gasteiger partial charge in [-0.05, 0) is 25.7 Å². The molecular formula is C16H24FNO2. The summed E-state index contributed by atoms with van der Waals surface area (Å²) in [7, 11) is 1.77. The lowest BCUT2D eigenvalue weighted by Crippen LogP contribution is -2.27. The normalized spacial score (nSPS) is 37.1. The molecular weight excluding hydrogens is 257 g/mol. The first-order valence-electron chi connectivity index (χ1n) is 7.65. The average molecular weight is 281 g/mol. The minimum Gasteiger partial charge on any atom is -0.385 e. The maximum atomic E-state index is 13.8. The van der Waals surface area contributed by atoms with Gasteiger partial charge < -0.3 is 14.8 Å². The molecule has 1 N–H and O–H groups in total. The molecule has 20 heavy (non-hydrogen) atoms.